The average Bonchev–Trinajstić information content (AvgIpc) is 2.48. The Bertz CT molecular complexity index is 358. The number of ketones is 2. The van der Waals surface area contributed by atoms with Crippen molar-refractivity contribution in [3.63, 3.8) is 0 Å². The van der Waals surface area contributed by atoms with E-state index >= 15 is 0 Å². The lowest BCUT2D eigenvalue weighted by molar-refractivity contribution is -0.118. The summed E-state index contributed by atoms with van der Waals surface area (Å²) < 4.78 is 6.56. The molecule has 0 aromatic carbocycles. The summed E-state index contributed by atoms with van der Waals surface area (Å²) in [6.45, 7) is 11.9. The van der Waals surface area contributed by atoms with Gasteiger partial charge in [-0.05, 0) is 25.7 Å². The highest BCUT2D eigenvalue weighted by atomic mass is 32.2. The van der Waals surface area contributed by atoms with Crippen LogP contribution in [0.2, 0.25) is 0 Å². The molecule has 0 saturated heterocycles. The summed E-state index contributed by atoms with van der Waals surface area (Å²) in [5.74, 6) is 2.00. The lowest BCUT2D eigenvalue weighted by Crippen LogP contribution is -2.41. The molecular weight excluding hydrogens is 380 g/mol. The van der Waals surface area contributed by atoms with E-state index < -0.39 is 0 Å². The first kappa shape index (κ1) is 24.7. The summed E-state index contributed by atoms with van der Waals surface area (Å²) in [6.07, 6.45) is 0. The van der Waals surface area contributed by atoms with Crippen molar-refractivity contribution >= 4 is 60.7 Å². The lowest BCUT2D eigenvalue weighted by Gasteiger charge is -2.33. The number of thiol groups is 2. The normalized spacial score (nSPS) is 16.9. The molecule has 24 heavy (non-hydrogen) atoms. The van der Waals surface area contributed by atoms with Crippen molar-refractivity contribution in [2.45, 2.75) is 64.1 Å². The third-order valence-corrected chi connectivity index (χ3v) is 7.64. The van der Waals surface area contributed by atoms with Crippen LogP contribution in [-0.4, -0.2) is 45.7 Å². The molecule has 4 nitrogen and oxygen atoms in total. The number of hydrogen-bond donors (Lipinski definition) is 4. The van der Waals surface area contributed by atoms with Crippen LogP contribution in [0.4, 0.5) is 0 Å². The van der Waals surface area contributed by atoms with E-state index in [-0.39, 0.29) is 34.2 Å². The van der Waals surface area contributed by atoms with Crippen LogP contribution in [0.5, 0.6) is 0 Å². The first-order chi connectivity index (χ1) is 11.1. The van der Waals surface area contributed by atoms with Crippen LogP contribution in [0, 0.1) is 11.8 Å². The fourth-order valence-corrected chi connectivity index (χ4v) is 5.84. The van der Waals surface area contributed by atoms with Gasteiger partial charge < -0.3 is 0 Å². The Kier molecular flexibility index (Phi) is 13.3. The van der Waals surface area contributed by atoms with Gasteiger partial charge in [-0.1, -0.05) is 51.6 Å². The van der Waals surface area contributed by atoms with Crippen molar-refractivity contribution in [2.24, 2.45) is 11.8 Å². The Hall–Kier alpha value is 0.660. The molecule has 0 fully saturated rings. The van der Waals surface area contributed by atoms with Crippen LogP contribution in [0.1, 0.15) is 41.5 Å². The molecule has 0 bridgehead atoms. The fourth-order valence-electron chi connectivity index (χ4n) is 1.98. The van der Waals surface area contributed by atoms with Crippen molar-refractivity contribution in [3.05, 3.63) is 0 Å². The van der Waals surface area contributed by atoms with E-state index in [4.69, 9.17) is 0 Å². The smallest absolute Gasteiger partial charge is 0.148 e. The molecule has 0 rings (SSSR count). The Balaban J connectivity index is 4.97. The minimum atomic E-state index is -0.243. The fraction of sp³-hybridized carbons (Fsp3) is 0.875. The first-order valence-electron chi connectivity index (χ1n) is 8.20. The van der Waals surface area contributed by atoms with Gasteiger partial charge in [-0.25, -0.2) is 0 Å². The van der Waals surface area contributed by atoms with Gasteiger partial charge in [0.1, 0.15) is 11.6 Å². The standard InChI is InChI=1S/C16H32N2O2S4/c1-9(2)15(23-17-13(7-21)11(5)19)16(10(3)4)24-18-14(8-22)12(6)20/h9-10,13-18,21-22H,7-8H2,1-6H3/t13-,14-,15?,16?/m0/s1. The zero-order valence-electron chi connectivity index (χ0n) is 15.4. The maximum atomic E-state index is 11.6. The number of hydrogen-bond acceptors (Lipinski definition) is 8. The summed E-state index contributed by atoms with van der Waals surface area (Å²) in [4.78, 5) is 23.2. The van der Waals surface area contributed by atoms with E-state index in [9.17, 15) is 9.59 Å². The molecule has 8 heteroatoms. The summed E-state index contributed by atoms with van der Waals surface area (Å²) in [7, 11) is 0. The van der Waals surface area contributed by atoms with Gasteiger partial charge in [-0.2, -0.15) is 25.3 Å². The SMILES string of the molecule is CC(=O)[C@H](CS)NSC(C(C)C)C(SN[C@@H](CS)C(C)=O)C(C)C. The maximum absolute atomic E-state index is 11.6. The molecular formula is C16H32N2O2S4. The van der Waals surface area contributed by atoms with Gasteiger partial charge in [-0.3, -0.25) is 19.0 Å². The second-order valence-corrected chi connectivity index (χ2v) is 9.34. The molecule has 0 saturated carbocycles. The third kappa shape index (κ3) is 8.85. The van der Waals surface area contributed by atoms with Gasteiger partial charge in [0.2, 0.25) is 0 Å². The molecule has 2 unspecified atom stereocenters. The molecule has 0 aromatic heterocycles. The average molecular weight is 413 g/mol. The molecule has 0 aliphatic heterocycles. The minimum absolute atomic E-state index is 0.0959. The number of carbonyl (C=O) groups excluding carboxylic acids is 2. The number of carbonyl (C=O) groups is 2. The van der Waals surface area contributed by atoms with Gasteiger partial charge in [0.05, 0.1) is 12.1 Å². The highest BCUT2D eigenvalue weighted by molar-refractivity contribution is 8.02. The van der Waals surface area contributed by atoms with Gasteiger partial charge in [0, 0.05) is 22.0 Å². The van der Waals surface area contributed by atoms with Crippen LogP contribution in [0.25, 0.3) is 0 Å². The van der Waals surface area contributed by atoms with Crippen molar-refractivity contribution < 1.29 is 9.59 Å². The lowest BCUT2D eigenvalue weighted by atomic mass is 9.99. The van der Waals surface area contributed by atoms with Crippen molar-refractivity contribution in [1.29, 1.82) is 0 Å². The molecule has 0 heterocycles. The van der Waals surface area contributed by atoms with E-state index in [2.05, 4.69) is 62.4 Å². The van der Waals surface area contributed by atoms with Crippen molar-refractivity contribution in [2.75, 3.05) is 11.5 Å². The summed E-state index contributed by atoms with van der Waals surface area (Å²) in [6, 6.07) is -0.486. The Morgan fingerprint density at radius 1 is 0.792 bits per heavy atom. The van der Waals surface area contributed by atoms with Gasteiger partial charge in [0.25, 0.3) is 0 Å². The van der Waals surface area contributed by atoms with Crippen molar-refractivity contribution in [3.8, 4) is 0 Å². The zero-order valence-corrected chi connectivity index (χ0v) is 18.8. The highest BCUT2D eigenvalue weighted by Gasteiger charge is 2.30. The topological polar surface area (TPSA) is 58.2 Å². The van der Waals surface area contributed by atoms with Gasteiger partial charge >= 0.3 is 0 Å². The van der Waals surface area contributed by atoms with Crippen LogP contribution in [-0.2, 0) is 9.59 Å². The first-order valence-corrected chi connectivity index (χ1v) is 11.2. The number of nitrogens with one attached hydrogen (secondary N) is 2. The molecule has 2 N–H and O–H groups in total. The zero-order chi connectivity index (χ0) is 18.9. The summed E-state index contributed by atoms with van der Waals surface area (Å²) >= 11 is 11.7. The second-order valence-electron chi connectivity index (χ2n) is 6.58. The third-order valence-electron chi connectivity index (χ3n) is 3.68. The molecule has 0 aliphatic rings. The summed E-state index contributed by atoms with van der Waals surface area (Å²) in [5, 5.41) is 0.577. The van der Waals surface area contributed by atoms with E-state index in [0.29, 0.717) is 23.3 Å². The Labute approximate surface area is 166 Å². The summed E-state index contributed by atoms with van der Waals surface area (Å²) in [5.41, 5.74) is 0. The van der Waals surface area contributed by atoms with E-state index in [1.807, 2.05) is 0 Å². The highest BCUT2D eigenvalue weighted by Crippen LogP contribution is 2.33. The molecule has 142 valence electrons. The quantitative estimate of drug-likeness (QED) is 0.275. The number of Topliss-reactive ketones (excluding diaryl/α,β-unsaturated/α-hetero) is 2. The predicted octanol–water partition coefficient (Wildman–Crippen LogP) is 3.29. The van der Waals surface area contributed by atoms with Crippen LogP contribution >= 0.6 is 49.2 Å². The van der Waals surface area contributed by atoms with Gasteiger partial charge in [0.15, 0.2) is 0 Å². The molecule has 0 spiro atoms. The molecule has 0 radical (unpaired) electrons. The van der Waals surface area contributed by atoms with Gasteiger partial charge in [-0.15, -0.1) is 0 Å². The Morgan fingerprint density at radius 3 is 1.25 bits per heavy atom. The van der Waals surface area contributed by atoms with Crippen LogP contribution in [0.3, 0.4) is 0 Å². The molecule has 0 aliphatic carbocycles. The monoisotopic (exact) mass is 412 g/mol. The maximum Gasteiger partial charge on any atom is 0.148 e. The predicted molar refractivity (Wildman–Crippen MR) is 115 cm³/mol. The van der Waals surface area contributed by atoms with E-state index in [1.54, 1.807) is 37.7 Å². The van der Waals surface area contributed by atoms with E-state index in [0.717, 1.165) is 0 Å². The largest absolute Gasteiger partial charge is 0.298 e. The van der Waals surface area contributed by atoms with Crippen molar-refractivity contribution in [1.82, 2.24) is 9.44 Å². The van der Waals surface area contributed by atoms with E-state index in [1.165, 1.54) is 0 Å². The molecule has 0 aromatic rings. The number of rotatable bonds is 13. The Morgan fingerprint density at radius 2 is 1.08 bits per heavy atom. The molecule has 4 atom stereocenters. The second kappa shape index (κ2) is 12.9. The van der Waals surface area contributed by atoms with Crippen LogP contribution in [0.15, 0.2) is 0 Å². The van der Waals surface area contributed by atoms with Crippen LogP contribution < -0.4 is 9.44 Å². The minimum Gasteiger partial charge on any atom is -0.298 e. The molecule has 0 amide bonds.